The molecule has 0 amide bonds. The summed E-state index contributed by atoms with van der Waals surface area (Å²) in [6.07, 6.45) is 3.86. The van der Waals surface area contributed by atoms with Crippen LogP contribution in [0.2, 0.25) is 0 Å². The summed E-state index contributed by atoms with van der Waals surface area (Å²) in [7, 11) is 1.64. The van der Waals surface area contributed by atoms with E-state index in [1.807, 2.05) is 57.9 Å². The molecule has 0 atom stereocenters. The zero-order valence-electron chi connectivity index (χ0n) is 20.4. The van der Waals surface area contributed by atoms with E-state index in [-0.39, 0.29) is 23.6 Å². The summed E-state index contributed by atoms with van der Waals surface area (Å²) < 4.78 is 31.7. The van der Waals surface area contributed by atoms with Gasteiger partial charge in [0.15, 0.2) is 11.5 Å². The summed E-state index contributed by atoms with van der Waals surface area (Å²) >= 11 is 0. The number of hydrogen-bond donors (Lipinski definition) is 2. The third-order valence-corrected chi connectivity index (χ3v) is 6.22. The van der Waals surface area contributed by atoms with Crippen LogP contribution in [0.4, 0.5) is 14.6 Å². The van der Waals surface area contributed by atoms with Crippen LogP contribution in [0.1, 0.15) is 34.2 Å². The number of fused-ring (bicyclic) bond motifs is 1. The predicted octanol–water partition coefficient (Wildman–Crippen LogP) is 5.49. The molecule has 0 spiro atoms. The van der Waals surface area contributed by atoms with Crippen LogP contribution in [0.3, 0.4) is 0 Å². The maximum absolute atomic E-state index is 13.9. The maximum atomic E-state index is 13.9. The summed E-state index contributed by atoms with van der Waals surface area (Å²) in [5.74, 6) is -3.75. The number of alkyl halides is 2. The fourth-order valence-corrected chi connectivity index (χ4v) is 4.31. The molecule has 0 saturated heterocycles. The first kappa shape index (κ1) is 24.1. The molecule has 0 bridgehead atoms. The first-order valence-electron chi connectivity index (χ1n) is 11.6. The standard InChI is InChI=1S/C27H24F2N6O2/c1-16-13-19(27(2,28)29)10-9-18(16)15-35-21-22(30-3)31-24(26(36)37)32-23(21)33-25(35)17-7-6-8-20(14-17)34-11-4-5-12-34/h4-14H,15H2,1-3H3,(H,36,37)(H,30,31,32). The van der Waals surface area contributed by atoms with Crippen LogP contribution in [-0.4, -0.2) is 42.2 Å². The van der Waals surface area contributed by atoms with Gasteiger partial charge in [0, 0.05) is 43.2 Å². The molecule has 37 heavy (non-hydrogen) atoms. The number of anilines is 1. The minimum Gasteiger partial charge on any atom is -0.475 e. The zero-order chi connectivity index (χ0) is 26.3. The lowest BCUT2D eigenvalue weighted by Gasteiger charge is -2.16. The molecule has 0 unspecified atom stereocenters. The smallest absolute Gasteiger partial charge is 0.374 e. The van der Waals surface area contributed by atoms with Gasteiger partial charge in [-0.3, -0.25) is 0 Å². The van der Waals surface area contributed by atoms with Gasteiger partial charge in [0.2, 0.25) is 5.82 Å². The Kier molecular flexibility index (Phi) is 5.94. The molecule has 188 valence electrons. The Bertz CT molecular complexity index is 1620. The number of rotatable bonds is 7. The van der Waals surface area contributed by atoms with E-state index in [4.69, 9.17) is 4.98 Å². The molecule has 0 aliphatic carbocycles. The molecular formula is C27H24F2N6O2. The van der Waals surface area contributed by atoms with Crippen molar-refractivity contribution < 1.29 is 18.7 Å². The molecule has 2 aromatic carbocycles. The van der Waals surface area contributed by atoms with Crippen LogP contribution in [0.15, 0.2) is 67.0 Å². The van der Waals surface area contributed by atoms with Crippen molar-refractivity contribution >= 4 is 23.0 Å². The van der Waals surface area contributed by atoms with Crippen LogP contribution >= 0.6 is 0 Å². The molecule has 2 N–H and O–H groups in total. The van der Waals surface area contributed by atoms with Gasteiger partial charge in [0.05, 0.1) is 6.54 Å². The van der Waals surface area contributed by atoms with Gasteiger partial charge < -0.3 is 19.6 Å². The third-order valence-electron chi connectivity index (χ3n) is 6.22. The average Bonchev–Trinajstić information content (AvgIpc) is 3.53. The summed E-state index contributed by atoms with van der Waals surface area (Å²) in [4.78, 5) is 24.7. The van der Waals surface area contributed by atoms with Gasteiger partial charge in [0.1, 0.15) is 11.3 Å². The van der Waals surface area contributed by atoms with Crippen LogP contribution in [0.5, 0.6) is 0 Å². The Hall–Kier alpha value is -4.60. The van der Waals surface area contributed by atoms with E-state index in [1.54, 1.807) is 20.0 Å². The number of nitrogens with one attached hydrogen (secondary N) is 1. The summed E-state index contributed by atoms with van der Waals surface area (Å²) in [6, 6.07) is 16.2. The molecule has 3 aromatic heterocycles. The van der Waals surface area contributed by atoms with Gasteiger partial charge in [-0.25, -0.2) is 28.5 Å². The molecule has 0 saturated carbocycles. The number of benzene rings is 2. The minimum absolute atomic E-state index is 0.0609. The molecule has 10 heteroatoms. The number of carbonyl (C=O) groups is 1. The van der Waals surface area contributed by atoms with Gasteiger partial charge in [-0.1, -0.05) is 24.3 Å². The van der Waals surface area contributed by atoms with Crippen molar-refractivity contribution in [3.63, 3.8) is 0 Å². The van der Waals surface area contributed by atoms with E-state index in [2.05, 4.69) is 15.3 Å². The number of halogens is 2. The second-order valence-corrected chi connectivity index (χ2v) is 8.82. The number of hydrogen-bond acceptors (Lipinski definition) is 5. The lowest BCUT2D eigenvalue weighted by molar-refractivity contribution is 0.0174. The number of aromatic nitrogens is 5. The van der Waals surface area contributed by atoms with Crippen LogP contribution in [-0.2, 0) is 12.5 Å². The fourth-order valence-electron chi connectivity index (χ4n) is 4.31. The highest BCUT2D eigenvalue weighted by molar-refractivity contribution is 5.92. The second-order valence-electron chi connectivity index (χ2n) is 8.82. The van der Waals surface area contributed by atoms with Gasteiger partial charge in [-0.15, -0.1) is 0 Å². The zero-order valence-corrected chi connectivity index (χ0v) is 20.4. The Morgan fingerprint density at radius 3 is 2.46 bits per heavy atom. The number of aryl methyl sites for hydroxylation is 1. The van der Waals surface area contributed by atoms with Crippen molar-refractivity contribution in [1.82, 2.24) is 24.1 Å². The lowest BCUT2D eigenvalue weighted by Crippen LogP contribution is -2.11. The molecule has 5 rings (SSSR count). The Balaban J connectivity index is 1.72. The maximum Gasteiger partial charge on any atom is 0.374 e. The van der Waals surface area contributed by atoms with Gasteiger partial charge in [-0.05, 0) is 48.4 Å². The van der Waals surface area contributed by atoms with Gasteiger partial charge >= 0.3 is 5.97 Å². The lowest BCUT2D eigenvalue weighted by atomic mass is 10.0. The van der Waals surface area contributed by atoms with Gasteiger partial charge in [0.25, 0.3) is 5.92 Å². The summed E-state index contributed by atoms with van der Waals surface area (Å²) in [5.41, 5.74) is 3.86. The first-order chi connectivity index (χ1) is 17.7. The molecule has 5 aromatic rings. The van der Waals surface area contributed by atoms with Crippen molar-refractivity contribution in [1.29, 1.82) is 0 Å². The normalized spacial score (nSPS) is 11.7. The highest BCUT2D eigenvalue weighted by Crippen LogP contribution is 2.32. The monoisotopic (exact) mass is 502 g/mol. The average molecular weight is 503 g/mol. The minimum atomic E-state index is -2.95. The van der Waals surface area contributed by atoms with Crippen molar-refractivity contribution in [2.75, 3.05) is 12.4 Å². The van der Waals surface area contributed by atoms with Gasteiger partial charge in [-0.2, -0.15) is 0 Å². The molecule has 0 aliphatic rings. The number of aromatic carboxylic acids is 1. The van der Waals surface area contributed by atoms with Crippen LogP contribution in [0, 0.1) is 6.92 Å². The summed E-state index contributed by atoms with van der Waals surface area (Å²) in [5, 5.41) is 12.5. The molecule has 3 heterocycles. The highest BCUT2D eigenvalue weighted by atomic mass is 19.3. The fraction of sp³-hybridized carbons (Fsp3) is 0.185. The SMILES string of the molecule is CNc1nc(C(=O)O)nc2nc(-c3cccc(-n4cccc4)c3)n(Cc3ccc(C(C)(F)F)cc3C)c12. The first-order valence-corrected chi connectivity index (χ1v) is 11.6. The van der Waals surface area contributed by atoms with E-state index < -0.39 is 11.9 Å². The number of carboxylic acid groups (broad SMARTS) is 1. The molecule has 0 fully saturated rings. The van der Waals surface area contributed by atoms with Crippen molar-refractivity contribution in [2.45, 2.75) is 26.3 Å². The second kappa shape index (κ2) is 9.12. The Morgan fingerprint density at radius 1 is 1.05 bits per heavy atom. The number of imidazole rings is 1. The highest BCUT2D eigenvalue weighted by Gasteiger charge is 2.26. The third kappa shape index (κ3) is 4.53. The van der Waals surface area contributed by atoms with E-state index in [1.165, 1.54) is 12.1 Å². The van der Waals surface area contributed by atoms with Crippen molar-refractivity contribution in [3.05, 3.63) is 89.5 Å². The Labute approximate surface area is 211 Å². The predicted molar refractivity (Wildman–Crippen MR) is 136 cm³/mol. The number of nitrogens with zero attached hydrogens (tertiary/aromatic N) is 5. The van der Waals surface area contributed by atoms with Crippen LogP contribution < -0.4 is 5.32 Å². The van der Waals surface area contributed by atoms with E-state index in [9.17, 15) is 18.7 Å². The van der Waals surface area contributed by atoms with Crippen molar-refractivity contribution in [2.24, 2.45) is 0 Å². The molecular weight excluding hydrogens is 478 g/mol. The van der Waals surface area contributed by atoms with Crippen molar-refractivity contribution in [3.8, 4) is 17.1 Å². The van der Waals surface area contributed by atoms with E-state index in [0.29, 0.717) is 22.7 Å². The Morgan fingerprint density at radius 2 is 1.81 bits per heavy atom. The van der Waals surface area contributed by atoms with E-state index in [0.717, 1.165) is 23.7 Å². The largest absolute Gasteiger partial charge is 0.475 e. The summed E-state index contributed by atoms with van der Waals surface area (Å²) in [6.45, 7) is 2.94. The number of carboxylic acids is 1. The molecule has 0 radical (unpaired) electrons. The molecule has 8 nitrogen and oxygen atoms in total. The van der Waals surface area contributed by atoms with E-state index >= 15 is 0 Å². The van der Waals surface area contributed by atoms with Crippen LogP contribution in [0.25, 0.3) is 28.2 Å². The topological polar surface area (TPSA) is 97.9 Å². The molecule has 0 aliphatic heterocycles. The quantitative estimate of drug-likeness (QED) is 0.305.